The maximum atomic E-state index is 4.09. The molecule has 2 heteroatoms. The predicted molar refractivity (Wildman–Crippen MR) is 72.2 cm³/mol. The first-order chi connectivity index (χ1) is 8.16. The van der Waals surface area contributed by atoms with Crippen molar-refractivity contribution in [1.82, 2.24) is 4.98 Å². The third-order valence-electron chi connectivity index (χ3n) is 3.10. The minimum absolute atomic E-state index is 0.846. The maximum Gasteiger partial charge on any atom is 0.0529 e. The van der Waals surface area contributed by atoms with Crippen molar-refractivity contribution in [2.75, 3.05) is 5.32 Å². The van der Waals surface area contributed by atoms with Gasteiger partial charge in [-0.3, -0.25) is 4.98 Å². The van der Waals surface area contributed by atoms with Crippen LogP contribution in [-0.2, 0) is 6.54 Å². The Labute approximate surface area is 103 Å². The highest BCUT2D eigenvalue weighted by atomic mass is 14.9. The zero-order valence-corrected chi connectivity index (χ0v) is 10.6. The molecule has 2 aromatic rings. The van der Waals surface area contributed by atoms with E-state index in [-0.39, 0.29) is 0 Å². The van der Waals surface area contributed by atoms with E-state index in [0.717, 1.165) is 12.2 Å². The molecule has 17 heavy (non-hydrogen) atoms. The van der Waals surface area contributed by atoms with Crippen LogP contribution in [0.3, 0.4) is 0 Å². The number of hydrogen-bond acceptors (Lipinski definition) is 2. The summed E-state index contributed by atoms with van der Waals surface area (Å²) >= 11 is 0. The molecule has 0 saturated carbocycles. The monoisotopic (exact) mass is 226 g/mol. The summed E-state index contributed by atoms with van der Waals surface area (Å²) in [6, 6.07) is 8.47. The molecule has 88 valence electrons. The van der Waals surface area contributed by atoms with Gasteiger partial charge in [0, 0.05) is 18.9 Å². The molecule has 0 aliphatic rings. The van der Waals surface area contributed by atoms with Crippen molar-refractivity contribution in [3.63, 3.8) is 0 Å². The van der Waals surface area contributed by atoms with E-state index in [1.165, 1.54) is 22.3 Å². The Bertz CT molecular complexity index is 504. The lowest BCUT2D eigenvalue weighted by Gasteiger charge is -2.11. The van der Waals surface area contributed by atoms with Gasteiger partial charge in [-0.15, -0.1) is 0 Å². The maximum absolute atomic E-state index is 4.09. The standard InChI is InChI=1S/C15H18N2/c1-11-7-13(3)14(8-12(11)2)9-17-15-5-4-6-16-10-15/h4-8,10,17H,9H2,1-3H3. The smallest absolute Gasteiger partial charge is 0.0529 e. The largest absolute Gasteiger partial charge is 0.380 e. The van der Waals surface area contributed by atoms with Crippen LogP contribution in [0.1, 0.15) is 22.3 Å². The molecule has 0 spiro atoms. The lowest BCUT2D eigenvalue weighted by atomic mass is 10.0. The molecule has 0 amide bonds. The fourth-order valence-electron chi connectivity index (χ4n) is 1.88. The van der Waals surface area contributed by atoms with Crippen molar-refractivity contribution in [2.24, 2.45) is 0 Å². The summed E-state index contributed by atoms with van der Waals surface area (Å²) < 4.78 is 0. The molecule has 1 N–H and O–H groups in total. The fourth-order valence-corrected chi connectivity index (χ4v) is 1.88. The van der Waals surface area contributed by atoms with Crippen molar-refractivity contribution >= 4 is 5.69 Å². The topological polar surface area (TPSA) is 24.9 Å². The number of nitrogens with zero attached hydrogens (tertiary/aromatic N) is 1. The Morgan fingerprint density at radius 1 is 1.06 bits per heavy atom. The highest BCUT2D eigenvalue weighted by Crippen LogP contribution is 2.16. The molecular weight excluding hydrogens is 208 g/mol. The molecule has 0 aliphatic heterocycles. The Hall–Kier alpha value is -1.83. The summed E-state index contributed by atoms with van der Waals surface area (Å²) in [5, 5.41) is 3.39. The van der Waals surface area contributed by atoms with Crippen molar-refractivity contribution in [3.05, 3.63) is 58.9 Å². The number of pyridine rings is 1. The highest BCUT2D eigenvalue weighted by molar-refractivity contribution is 5.43. The van der Waals surface area contributed by atoms with Gasteiger partial charge < -0.3 is 5.32 Å². The Balaban J connectivity index is 2.12. The number of aryl methyl sites for hydroxylation is 3. The van der Waals surface area contributed by atoms with Crippen LogP contribution in [0, 0.1) is 20.8 Å². The molecule has 0 bridgehead atoms. The van der Waals surface area contributed by atoms with Crippen LogP contribution in [0.5, 0.6) is 0 Å². The van der Waals surface area contributed by atoms with E-state index in [1.807, 2.05) is 18.3 Å². The summed E-state index contributed by atoms with van der Waals surface area (Å²) in [7, 11) is 0. The van der Waals surface area contributed by atoms with Crippen LogP contribution in [0.15, 0.2) is 36.7 Å². The van der Waals surface area contributed by atoms with Crippen molar-refractivity contribution in [1.29, 1.82) is 0 Å². The van der Waals surface area contributed by atoms with Gasteiger partial charge in [0.05, 0.1) is 5.69 Å². The number of nitrogens with one attached hydrogen (secondary N) is 1. The van der Waals surface area contributed by atoms with Gasteiger partial charge in [-0.25, -0.2) is 0 Å². The molecule has 1 aromatic heterocycles. The van der Waals surface area contributed by atoms with E-state index in [9.17, 15) is 0 Å². The zero-order chi connectivity index (χ0) is 12.3. The fraction of sp³-hybridized carbons (Fsp3) is 0.267. The Morgan fingerprint density at radius 3 is 2.53 bits per heavy atom. The lowest BCUT2D eigenvalue weighted by molar-refractivity contribution is 1.09. The minimum Gasteiger partial charge on any atom is -0.380 e. The van der Waals surface area contributed by atoms with Crippen LogP contribution in [0.2, 0.25) is 0 Å². The van der Waals surface area contributed by atoms with E-state index in [1.54, 1.807) is 6.20 Å². The second kappa shape index (κ2) is 5.00. The van der Waals surface area contributed by atoms with E-state index >= 15 is 0 Å². The third-order valence-corrected chi connectivity index (χ3v) is 3.10. The van der Waals surface area contributed by atoms with Gasteiger partial charge >= 0.3 is 0 Å². The van der Waals surface area contributed by atoms with Crippen LogP contribution in [0.4, 0.5) is 5.69 Å². The van der Waals surface area contributed by atoms with Crippen LogP contribution >= 0.6 is 0 Å². The molecule has 0 atom stereocenters. The minimum atomic E-state index is 0.846. The molecule has 2 rings (SSSR count). The van der Waals surface area contributed by atoms with E-state index < -0.39 is 0 Å². The summed E-state index contributed by atoms with van der Waals surface area (Å²) in [4.78, 5) is 4.09. The zero-order valence-electron chi connectivity index (χ0n) is 10.6. The number of benzene rings is 1. The van der Waals surface area contributed by atoms with Crippen LogP contribution < -0.4 is 5.32 Å². The summed E-state index contributed by atoms with van der Waals surface area (Å²) in [5.74, 6) is 0. The first-order valence-electron chi connectivity index (χ1n) is 5.87. The highest BCUT2D eigenvalue weighted by Gasteiger charge is 2.01. The molecule has 0 saturated heterocycles. The number of anilines is 1. The van der Waals surface area contributed by atoms with E-state index in [4.69, 9.17) is 0 Å². The quantitative estimate of drug-likeness (QED) is 0.864. The van der Waals surface area contributed by atoms with Gasteiger partial charge in [0.15, 0.2) is 0 Å². The summed E-state index contributed by atoms with van der Waals surface area (Å²) in [6.07, 6.45) is 3.63. The number of hydrogen-bond donors (Lipinski definition) is 1. The Morgan fingerprint density at radius 2 is 1.82 bits per heavy atom. The SMILES string of the molecule is Cc1cc(C)c(CNc2cccnc2)cc1C. The van der Waals surface area contributed by atoms with Gasteiger partial charge in [0.25, 0.3) is 0 Å². The van der Waals surface area contributed by atoms with Gasteiger partial charge in [-0.2, -0.15) is 0 Å². The normalized spacial score (nSPS) is 10.3. The second-order valence-electron chi connectivity index (χ2n) is 4.46. The summed E-state index contributed by atoms with van der Waals surface area (Å²) in [6.45, 7) is 7.31. The van der Waals surface area contributed by atoms with Crippen molar-refractivity contribution in [3.8, 4) is 0 Å². The molecule has 0 fully saturated rings. The van der Waals surface area contributed by atoms with Gasteiger partial charge in [-0.1, -0.05) is 12.1 Å². The lowest BCUT2D eigenvalue weighted by Crippen LogP contribution is -2.02. The average Bonchev–Trinajstić information content (AvgIpc) is 2.33. The summed E-state index contributed by atoms with van der Waals surface area (Å²) in [5.41, 5.74) is 6.44. The first kappa shape index (κ1) is 11.6. The molecule has 2 nitrogen and oxygen atoms in total. The van der Waals surface area contributed by atoms with Crippen LogP contribution in [-0.4, -0.2) is 4.98 Å². The molecule has 1 aromatic carbocycles. The van der Waals surface area contributed by atoms with Gasteiger partial charge in [-0.05, 0) is 55.2 Å². The van der Waals surface area contributed by atoms with E-state index in [2.05, 4.69) is 43.2 Å². The van der Waals surface area contributed by atoms with E-state index in [0.29, 0.717) is 0 Å². The number of aromatic nitrogens is 1. The average molecular weight is 226 g/mol. The molecule has 0 aliphatic carbocycles. The van der Waals surface area contributed by atoms with Crippen molar-refractivity contribution in [2.45, 2.75) is 27.3 Å². The molecule has 1 heterocycles. The predicted octanol–water partition coefficient (Wildman–Crippen LogP) is 3.62. The number of rotatable bonds is 3. The van der Waals surface area contributed by atoms with Gasteiger partial charge in [0.2, 0.25) is 0 Å². The third kappa shape index (κ3) is 2.84. The first-order valence-corrected chi connectivity index (χ1v) is 5.87. The molecule has 0 radical (unpaired) electrons. The Kier molecular flexibility index (Phi) is 3.43. The molecule has 0 unspecified atom stereocenters. The van der Waals surface area contributed by atoms with Crippen LogP contribution in [0.25, 0.3) is 0 Å². The van der Waals surface area contributed by atoms with Crippen molar-refractivity contribution < 1.29 is 0 Å². The van der Waals surface area contributed by atoms with Gasteiger partial charge in [0.1, 0.15) is 0 Å². The molecular formula is C15H18N2. The second-order valence-corrected chi connectivity index (χ2v) is 4.46.